The number of carbonyl (C=O) groups is 2. The zero-order valence-corrected chi connectivity index (χ0v) is 15.5. The number of nitrogens with zero attached hydrogens (tertiary/aromatic N) is 1. The summed E-state index contributed by atoms with van der Waals surface area (Å²) in [6.07, 6.45) is 2.67. The highest BCUT2D eigenvalue weighted by molar-refractivity contribution is 5.95. The molecular weight excluding hydrogens is 302 g/mol. The Kier molecular flexibility index (Phi) is 5.36. The van der Waals surface area contributed by atoms with Crippen LogP contribution in [0, 0.1) is 5.41 Å². The highest BCUT2D eigenvalue weighted by Gasteiger charge is 2.43. The maximum absolute atomic E-state index is 13.0. The molecule has 1 aromatic rings. The highest BCUT2D eigenvalue weighted by atomic mass is 16.6. The Bertz CT molecular complexity index is 587. The van der Waals surface area contributed by atoms with Gasteiger partial charge < -0.3 is 4.74 Å². The molecule has 0 spiro atoms. The van der Waals surface area contributed by atoms with Crippen molar-refractivity contribution in [3.8, 4) is 0 Å². The fraction of sp³-hybridized carbons (Fsp3) is 0.600. The maximum atomic E-state index is 13.0. The summed E-state index contributed by atoms with van der Waals surface area (Å²) >= 11 is 0. The number of hydrogen-bond acceptors (Lipinski definition) is 3. The summed E-state index contributed by atoms with van der Waals surface area (Å²) in [4.78, 5) is 27.1. The molecule has 0 bridgehead atoms. The average molecular weight is 331 g/mol. The van der Waals surface area contributed by atoms with Crippen molar-refractivity contribution in [2.75, 3.05) is 0 Å². The smallest absolute Gasteiger partial charge is 0.417 e. The van der Waals surface area contributed by atoms with Crippen LogP contribution in [0.3, 0.4) is 0 Å². The molecule has 0 N–H and O–H groups in total. The number of imide groups is 1. The van der Waals surface area contributed by atoms with Crippen molar-refractivity contribution in [3.05, 3.63) is 35.9 Å². The lowest BCUT2D eigenvalue weighted by Gasteiger charge is -2.34. The molecular formula is C20H29NO3. The number of benzene rings is 1. The predicted molar refractivity (Wildman–Crippen MR) is 94.6 cm³/mol. The quantitative estimate of drug-likeness (QED) is 0.797. The van der Waals surface area contributed by atoms with Crippen LogP contribution < -0.4 is 0 Å². The molecule has 2 amide bonds. The van der Waals surface area contributed by atoms with Crippen LogP contribution in [-0.4, -0.2) is 28.5 Å². The van der Waals surface area contributed by atoms with Gasteiger partial charge in [-0.3, -0.25) is 4.79 Å². The van der Waals surface area contributed by atoms with Crippen LogP contribution in [0.25, 0.3) is 0 Å². The van der Waals surface area contributed by atoms with E-state index in [1.54, 1.807) is 0 Å². The first-order valence-electron chi connectivity index (χ1n) is 8.71. The second-order valence-electron chi connectivity index (χ2n) is 8.28. The van der Waals surface area contributed by atoms with Crippen molar-refractivity contribution in [3.63, 3.8) is 0 Å². The number of carbonyl (C=O) groups excluding carboxylic acids is 2. The molecule has 0 aromatic heterocycles. The van der Waals surface area contributed by atoms with Crippen LogP contribution in [0.15, 0.2) is 30.3 Å². The standard InChI is InChI=1S/C20H29NO3/c1-19(2,3)24-18(23)21-16(14-15-10-7-6-8-11-15)12-9-13-20(4,5)17(21)22/h6-8,10-11,16H,9,12-14H2,1-5H3/t16-/m1/s1. The molecule has 4 nitrogen and oxygen atoms in total. The maximum Gasteiger partial charge on any atom is 0.417 e. The largest absolute Gasteiger partial charge is 0.443 e. The van der Waals surface area contributed by atoms with E-state index in [0.29, 0.717) is 6.42 Å². The molecule has 0 saturated carbocycles. The van der Waals surface area contributed by atoms with Crippen LogP contribution >= 0.6 is 0 Å². The monoisotopic (exact) mass is 331 g/mol. The summed E-state index contributed by atoms with van der Waals surface area (Å²) in [5, 5.41) is 0. The number of likely N-dealkylation sites (tertiary alicyclic amines) is 1. The van der Waals surface area contributed by atoms with E-state index < -0.39 is 17.1 Å². The van der Waals surface area contributed by atoms with E-state index in [0.717, 1.165) is 24.8 Å². The lowest BCUT2D eigenvalue weighted by Crippen LogP contribution is -2.50. The molecule has 132 valence electrons. The molecule has 2 rings (SSSR count). The molecule has 1 fully saturated rings. The van der Waals surface area contributed by atoms with Gasteiger partial charge in [-0.1, -0.05) is 50.6 Å². The van der Waals surface area contributed by atoms with E-state index in [9.17, 15) is 9.59 Å². The van der Waals surface area contributed by atoms with E-state index in [1.807, 2.05) is 65.0 Å². The Morgan fingerprint density at radius 3 is 2.46 bits per heavy atom. The van der Waals surface area contributed by atoms with Gasteiger partial charge in [0.1, 0.15) is 5.60 Å². The second kappa shape index (κ2) is 6.96. The van der Waals surface area contributed by atoms with E-state index in [2.05, 4.69) is 0 Å². The predicted octanol–water partition coefficient (Wildman–Crippen LogP) is 4.57. The van der Waals surface area contributed by atoms with Gasteiger partial charge in [0.2, 0.25) is 5.91 Å². The summed E-state index contributed by atoms with van der Waals surface area (Å²) in [7, 11) is 0. The van der Waals surface area contributed by atoms with Gasteiger partial charge in [0.25, 0.3) is 0 Å². The summed E-state index contributed by atoms with van der Waals surface area (Å²) in [6, 6.07) is 9.85. The van der Waals surface area contributed by atoms with Gasteiger partial charge in [0.15, 0.2) is 0 Å². The molecule has 1 heterocycles. The summed E-state index contributed by atoms with van der Waals surface area (Å²) in [5.41, 5.74) is -0.0310. The summed E-state index contributed by atoms with van der Waals surface area (Å²) in [5.74, 6) is -0.129. The molecule has 1 aromatic carbocycles. The molecule has 4 heteroatoms. The van der Waals surface area contributed by atoms with E-state index >= 15 is 0 Å². The van der Waals surface area contributed by atoms with Gasteiger partial charge in [0, 0.05) is 11.5 Å². The molecule has 0 radical (unpaired) electrons. The van der Waals surface area contributed by atoms with E-state index in [4.69, 9.17) is 4.74 Å². The second-order valence-corrected chi connectivity index (χ2v) is 8.28. The third-order valence-electron chi connectivity index (χ3n) is 4.41. The number of rotatable bonds is 2. The van der Waals surface area contributed by atoms with E-state index in [1.165, 1.54) is 4.90 Å². The average Bonchev–Trinajstić information content (AvgIpc) is 2.56. The van der Waals surface area contributed by atoms with Crippen molar-refractivity contribution in [1.82, 2.24) is 4.90 Å². The van der Waals surface area contributed by atoms with Gasteiger partial charge >= 0.3 is 6.09 Å². The normalized spacial score (nSPS) is 21.3. The van der Waals surface area contributed by atoms with Crippen molar-refractivity contribution >= 4 is 12.0 Å². The number of amides is 2. The molecule has 1 aliphatic rings. The zero-order valence-electron chi connectivity index (χ0n) is 15.5. The minimum atomic E-state index is -0.620. The molecule has 24 heavy (non-hydrogen) atoms. The highest BCUT2D eigenvalue weighted by Crippen LogP contribution is 2.34. The molecule has 1 atom stereocenters. The van der Waals surface area contributed by atoms with Crippen molar-refractivity contribution < 1.29 is 14.3 Å². The van der Waals surface area contributed by atoms with Gasteiger partial charge in [-0.25, -0.2) is 9.69 Å². The van der Waals surface area contributed by atoms with Crippen molar-refractivity contribution in [2.45, 2.75) is 71.9 Å². The van der Waals surface area contributed by atoms with Gasteiger partial charge in [-0.15, -0.1) is 0 Å². The number of ether oxygens (including phenoxy) is 1. The topological polar surface area (TPSA) is 46.6 Å². The molecule has 1 saturated heterocycles. The Morgan fingerprint density at radius 1 is 1.25 bits per heavy atom. The Labute approximate surface area is 145 Å². The fourth-order valence-corrected chi connectivity index (χ4v) is 3.13. The van der Waals surface area contributed by atoms with Crippen LogP contribution in [-0.2, 0) is 16.0 Å². The minimum absolute atomic E-state index is 0.129. The van der Waals surface area contributed by atoms with Gasteiger partial charge in [-0.05, 0) is 45.6 Å². The van der Waals surface area contributed by atoms with Crippen LogP contribution in [0.2, 0.25) is 0 Å². The fourth-order valence-electron chi connectivity index (χ4n) is 3.13. The third kappa shape index (κ3) is 4.59. The molecule has 0 aliphatic carbocycles. The van der Waals surface area contributed by atoms with Crippen LogP contribution in [0.5, 0.6) is 0 Å². The lowest BCUT2D eigenvalue weighted by atomic mass is 9.87. The Hall–Kier alpha value is -1.84. The zero-order chi connectivity index (χ0) is 18.0. The van der Waals surface area contributed by atoms with Crippen molar-refractivity contribution in [2.24, 2.45) is 5.41 Å². The first-order chi connectivity index (χ1) is 11.1. The number of hydrogen-bond donors (Lipinski definition) is 0. The molecule has 1 aliphatic heterocycles. The SMILES string of the molecule is CC(C)(C)OC(=O)N1C(=O)C(C)(C)CCC[C@@H]1Cc1ccccc1. The Morgan fingerprint density at radius 2 is 1.88 bits per heavy atom. The minimum Gasteiger partial charge on any atom is -0.443 e. The molecule has 0 unspecified atom stereocenters. The van der Waals surface area contributed by atoms with Crippen molar-refractivity contribution in [1.29, 1.82) is 0 Å². The lowest BCUT2D eigenvalue weighted by molar-refractivity contribution is -0.140. The van der Waals surface area contributed by atoms with Gasteiger partial charge in [-0.2, -0.15) is 0 Å². The summed E-state index contributed by atoms with van der Waals surface area (Å²) in [6.45, 7) is 9.30. The first kappa shape index (κ1) is 18.5. The third-order valence-corrected chi connectivity index (χ3v) is 4.41. The van der Waals surface area contributed by atoms with Gasteiger partial charge in [0.05, 0.1) is 0 Å². The summed E-state index contributed by atoms with van der Waals surface area (Å²) < 4.78 is 5.53. The Balaban J connectivity index is 2.30. The van der Waals surface area contributed by atoms with Crippen LogP contribution in [0.4, 0.5) is 4.79 Å². The van der Waals surface area contributed by atoms with E-state index in [-0.39, 0.29) is 11.9 Å². The van der Waals surface area contributed by atoms with Crippen LogP contribution in [0.1, 0.15) is 59.4 Å². The first-order valence-corrected chi connectivity index (χ1v) is 8.71.